The lowest BCUT2D eigenvalue weighted by Gasteiger charge is -2.07. The van der Waals surface area contributed by atoms with Crippen molar-refractivity contribution >= 4 is 10.8 Å². The van der Waals surface area contributed by atoms with Gasteiger partial charge in [0.05, 0.1) is 29.0 Å². The summed E-state index contributed by atoms with van der Waals surface area (Å²) >= 11 is 0. The highest BCUT2D eigenvalue weighted by Gasteiger charge is 2.07. The van der Waals surface area contributed by atoms with Crippen LogP contribution in [0.2, 0.25) is 0 Å². The summed E-state index contributed by atoms with van der Waals surface area (Å²) in [6.45, 7) is 1.18. The largest absolute Gasteiger partial charge is 0.494 e. The van der Waals surface area contributed by atoms with Crippen LogP contribution in [0.5, 0.6) is 5.75 Å². The maximum Gasteiger partial charge on any atom is 0.221 e. The molecule has 0 amide bonds. The minimum Gasteiger partial charge on any atom is -0.494 e. The number of hydrogen-bond acceptors (Lipinski definition) is 5. The summed E-state index contributed by atoms with van der Waals surface area (Å²) in [5.74, 6) is 0.729. The van der Waals surface area contributed by atoms with E-state index in [4.69, 9.17) is 10.00 Å². The average Bonchev–Trinajstić information content (AvgIpc) is 2.93. The second-order valence-corrected chi connectivity index (χ2v) is 5.37. The SMILES string of the molecule is C[S@](=O)c1nncn1CCCOc1ccc(C#N)cc1. The number of rotatable bonds is 6. The van der Waals surface area contributed by atoms with Gasteiger partial charge in [-0.3, -0.25) is 4.21 Å². The van der Waals surface area contributed by atoms with Crippen LogP contribution in [-0.4, -0.2) is 31.8 Å². The Morgan fingerprint density at radius 1 is 1.40 bits per heavy atom. The molecule has 0 spiro atoms. The van der Waals surface area contributed by atoms with Crippen molar-refractivity contribution in [2.75, 3.05) is 12.9 Å². The summed E-state index contributed by atoms with van der Waals surface area (Å²) in [4.78, 5) is 0. The van der Waals surface area contributed by atoms with Crippen molar-refractivity contribution in [2.45, 2.75) is 18.1 Å². The molecule has 1 aromatic carbocycles. The highest BCUT2D eigenvalue weighted by molar-refractivity contribution is 7.84. The summed E-state index contributed by atoms with van der Waals surface area (Å²) in [6.07, 6.45) is 3.90. The molecule has 0 unspecified atom stereocenters. The van der Waals surface area contributed by atoms with E-state index in [1.165, 1.54) is 0 Å². The number of aryl methyl sites for hydroxylation is 1. The molecule has 1 heterocycles. The first kappa shape index (κ1) is 14.2. The molecule has 0 aliphatic carbocycles. The summed E-state index contributed by atoms with van der Waals surface area (Å²) < 4.78 is 18.7. The van der Waals surface area contributed by atoms with Crippen molar-refractivity contribution in [1.82, 2.24) is 14.8 Å². The summed E-state index contributed by atoms with van der Waals surface area (Å²) in [5.41, 5.74) is 0.608. The Morgan fingerprint density at radius 3 is 2.80 bits per heavy atom. The zero-order valence-corrected chi connectivity index (χ0v) is 11.8. The number of nitriles is 1. The zero-order valence-electron chi connectivity index (χ0n) is 11.0. The second-order valence-electron chi connectivity index (χ2n) is 4.10. The zero-order chi connectivity index (χ0) is 14.4. The van der Waals surface area contributed by atoms with E-state index in [2.05, 4.69) is 16.3 Å². The van der Waals surface area contributed by atoms with E-state index >= 15 is 0 Å². The molecule has 0 fully saturated rings. The lowest BCUT2D eigenvalue weighted by molar-refractivity contribution is 0.299. The molecular formula is C13H14N4O2S. The van der Waals surface area contributed by atoms with E-state index in [9.17, 15) is 4.21 Å². The van der Waals surface area contributed by atoms with Gasteiger partial charge in [0.15, 0.2) is 0 Å². The number of ether oxygens (including phenoxy) is 1. The highest BCUT2D eigenvalue weighted by atomic mass is 32.2. The number of aromatic nitrogens is 3. The molecule has 0 saturated carbocycles. The lowest BCUT2D eigenvalue weighted by Crippen LogP contribution is -2.07. The normalized spacial score (nSPS) is 11.8. The number of hydrogen-bond donors (Lipinski definition) is 0. The van der Waals surface area contributed by atoms with E-state index in [0.29, 0.717) is 23.9 Å². The Labute approximate surface area is 119 Å². The van der Waals surface area contributed by atoms with Gasteiger partial charge in [-0.25, -0.2) is 0 Å². The van der Waals surface area contributed by atoms with E-state index < -0.39 is 10.8 Å². The Hall–Kier alpha value is -2.20. The van der Waals surface area contributed by atoms with Gasteiger partial charge in [0, 0.05) is 12.8 Å². The van der Waals surface area contributed by atoms with Crippen LogP contribution < -0.4 is 4.74 Å². The van der Waals surface area contributed by atoms with Gasteiger partial charge >= 0.3 is 0 Å². The molecular weight excluding hydrogens is 276 g/mol. The molecule has 0 radical (unpaired) electrons. The third-order valence-electron chi connectivity index (χ3n) is 2.63. The van der Waals surface area contributed by atoms with Gasteiger partial charge in [-0.15, -0.1) is 10.2 Å². The molecule has 2 aromatic rings. The molecule has 20 heavy (non-hydrogen) atoms. The van der Waals surface area contributed by atoms with E-state index in [0.717, 1.165) is 12.2 Å². The van der Waals surface area contributed by atoms with Gasteiger partial charge in [0.2, 0.25) is 5.16 Å². The monoisotopic (exact) mass is 290 g/mol. The smallest absolute Gasteiger partial charge is 0.221 e. The van der Waals surface area contributed by atoms with Crippen LogP contribution >= 0.6 is 0 Å². The third-order valence-corrected chi connectivity index (χ3v) is 3.46. The van der Waals surface area contributed by atoms with Crippen LogP contribution in [0.1, 0.15) is 12.0 Å². The first-order chi connectivity index (χ1) is 9.70. The maximum atomic E-state index is 11.4. The van der Waals surface area contributed by atoms with Crippen LogP contribution in [0.15, 0.2) is 35.7 Å². The number of benzene rings is 1. The molecule has 2 rings (SSSR count). The third kappa shape index (κ3) is 3.65. The Morgan fingerprint density at radius 2 is 2.15 bits per heavy atom. The fourth-order valence-electron chi connectivity index (χ4n) is 1.67. The van der Waals surface area contributed by atoms with Crippen LogP contribution in [0.25, 0.3) is 0 Å². The molecule has 1 aromatic heterocycles. The molecule has 6 nitrogen and oxygen atoms in total. The maximum absolute atomic E-state index is 11.4. The average molecular weight is 290 g/mol. The minimum atomic E-state index is -1.14. The first-order valence-electron chi connectivity index (χ1n) is 6.05. The standard InChI is InChI=1S/C13H14N4O2S/c1-20(18)13-16-15-10-17(13)7-2-8-19-12-5-3-11(9-14)4-6-12/h3-6,10H,2,7-8H2,1H3/t20-/m0/s1. The van der Waals surface area contributed by atoms with Gasteiger partial charge in [-0.05, 0) is 30.7 Å². The molecule has 104 valence electrons. The van der Waals surface area contributed by atoms with Gasteiger partial charge in [0.25, 0.3) is 0 Å². The Kier molecular flexibility index (Phi) is 4.85. The van der Waals surface area contributed by atoms with Crippen LogP contribution in [0.3, 0.4) is 0 Å². The fourth-order valence-corrected chi connectivity index (χ4v) is 2.30. The van der Waals surface area contributed by atoms with Gasteiger partial charge in [0.1, 0.15) is 12.1 Å². The van der Waals surface area contributed by atoms with Crippen molar-refractivity contribution in [3.63, 3.8) is 0 Å². The topological polar surface area (TPSA) is 80.8 Å². The highest BCUT2D eigenvalue weighted by Crippen LogP contribution is 2.12. The Bertz CT molecular complexity index is 631. The molecule has 0 bridgehead atoms. The van der Waals surface area contributed by atoms with Gasteiger partial charge in [-0.1, -0.05) is 0 Å². The predicted octanol–water partition coefficient (Wildman–Crippen LogP) is 1.36. The molecule has 0 aliphatic rings. The van der Waals surface area contributed by atoms with E-state index in [1.54, 1.807) is 41.4 Å². The van der Waals surface area contributed by atoms with Crippen molar-refractivity contribution in [3.8, 4) is 11.8 Å². The molecule has 7 heteroatoms. The molecule has 0 N–H and O–H groups in total. The Balaban J connectivity index is 1.80. The second kappa shape index (κ2) is 6.82. The summed E-state index contributed by atoms with van der Waals surface area (Å²) in [6, 6.07) is 9.02. The first-order valence-corrected chi connectivity index (χ1v) is 7.60. The quantitative estimate of drug-likeness (QED) is 0.750. The van der Waals surface area contributed by atoms with E-state index in [1.807, 2.05) is 0 Å². The fraction of sp³-hybridized carbons (Fsp3) is 0.308. The van der Waals surface area contributed by atoms with Gasteiger partial charge in [-0.2, -0.15) is 5.26 Å². The lowest BCUT2D eigenvalue weighted by atomic mass is 10.2. The van der Waals surface area contributed by atoms with E-state index in [-0.39, 0.29) is 0 Å². The molecule has 1 atom stereocenters. The number of nitrogens with zero attached hydrogens (tertiary/aromatic N) is 4. The van der Waals surface area contributed by atoms with Gasteiger partial charge < -0.3 is 9.30 Å². The predicted molar refractivity (Wildman–Crippen MR) is 73.6 cm³/mol. The molecule has 0 aliphatic heterocycles. The summed E-state index contributed by atoms with van der Waals surface area (Å²) in [5, 5.41) is 16.7. The van der Waals surface area contributed by atoms with Crippen molar-refractivity contribution < 1.29 is 8.95 Å². The van der Waals surface area contributed by atoms with Crippen molar-refractivity contribution in [1.29, 1.82) is 5.26 Å². The molecule has 0 saturated heterocycles. The van der Waals surface area contributed by atoms with Crippen LogP contribution in [0, 0.1) is 11.3 Å². The minimum absolute atomic E-state index is 0.475. The summed E-state index contributed by atoms with van der Waals surface area (Å²) in [7, 11) is -1.14. The van der Waals surface area contributed by atoms with Crippen molar-refractivity contribution in [2.24, 2.45) is 0 Å². The van der Waals surface area contributed by atoms with Crippen LogP contribution in [0.4, 0.5) is 0 Å². The van der Waals surface area contributed by atoms with Crippen molar-refractivity contribution in [3.05, 3.63) is 36.2 Å². The van der Waals surface area contributed by atoms with Crippen LogP contribution in [-0.2, 0) is 17.3 Å².